The second kappa shape index (κ2) is 9.98. The van der Waals surface area contributed by atoms with Crippen LogP contribution in [0.2, 0.25) is 0 Å². The van der Waals surface area contributed by atoms with Crippen LogP contribution in [0.15, 0.2) is 54.9 Å². The van der Waals surface area contributed by atoms with E-state index >= 15 is 0 Å². The van der Waals surface area contributed by atoms with Crippen LogP contribution in [0.1, 0.15) is 37.3 Å². The van der Waals surface area contributed by atoms with Crippen molar-refractivity contribution in [3.63, 3.8) is 0 Å². The summed E-state index contributed by atoms with van der Waals surface area (Å²) in [7, 11) is 0. The van der Waals surface area contributed by atoms with Gasteiger partial charge in [0.15, 0.2) is 0 Å². The van der Waals surface area contributed by atoms with E-state index in [9.17, 15) is 14.0 Å². The molecule has 0 saturated carbocycles. The lowest BCUT2D eigenvalue weighted by Crippen LogP contribution is -2.38. The second-order valence-electron chi connectivity index (χ2n) is 8.72. The molecule has 1 aliphatic heterocycles. The van der Waals surface area contributed by atoms with Crippen LogP contribution in [0.5, 0.6) is 0 Å². The Hall–Kier alpha value is -3.48. The monoisotopic (exact) mass is 449 g/mol. The zero-order chi connectivity index (χ0) is 23.4. The molecule has 7 heteroatoms. The quantitative estimate of drug-likeness (QED) is 0.544. The minimum atomic E-state index is -0.336. The normalized spacial score (nSPS) is 18.1. The van der Waals surface area contributed by atoms with Gasteiger partial charge >= 0.3 is 5.97 Å². The summed E-state index contributed by atoms with van der Waals surface area (Å²) in [5.74, 6) is -0.577. The number of hydrogen-bond donors (Lipinski definition) is 1. The van der Waals surface area contributed by atoms with Crippen LogP contribution in [-0.2, 0) is 20.7 Å². The molecule has 1 saturated heterocycles. The number of ether oxygens (including phenoxy) is 1. The van der Waals surface area contributed by atoms with Crippen molar-refractivity contribution in [3.8, 4) is 16.8 Å². The SMILES string of the molecule is CC(=O)NCC1CC(CCc2ccc(-n3cc(-c4ccc(C)cc4)cn3)c(F)c2)CC(=O)O1. The summed E-state index contributed by atoms with van der Waals surface area (Å²) in [4.78, 5) is 23.0. The van der Waals surface area contributed by atoms with Crippen LogP contribution >= 0.6 is 0 Å². The predicted octanol–water partition coefficient (Wildman–Crippen LogP) is 4.38. The zero-order valence-corrected chi connectivity index (χ0v) is 18.9. The molecule has 33 heavy (non-hydrogen) atoms. The molecule has 2 atom stereocenters. The Morgan fingerprint density at radius 3 is 2.73 bits per heavy atom. The predicted molar refractivity (Wildman–Crippen MR) is 123 cm³/mol. The first-order chi connectivity index (χ1) is 15.9. The minimum Gasteiger partial charge on any atom is -0.460 e. The van der Waals surface area contributed by atoms with E-state index in [-0.39, 0.29) is 29.7 Å². The number of rotatable bonds is 7. The maximum Gasteiger partial charge on any atom is 0.306 e. The molecule has 1 amide bonds. The van der Waals surface area contributed by atoms with Gasteiger partial charge in [-0.15, -0.1) is 0 Å². The number of benzene rings is 2. The number of nitrogens with zero attached hydrogens (tertiary/aromatic N) is 2. The van der Waals surface area contributed by atoms with Crippen molar-refractivity contribution in [1.82, 2.24) is 15.1 Å². The van der Waals surface area contributed by atoms with Crippen LogP contribution in [0.3, 0.4) is 0 Å². The number of amides is 1. The highest BCUT2D eigenvalue weighted by Gasteiger charge is 2.28. The number of aryl methyl sites for hydroxylation is 2. The summed E-state index contributed by atoms with van der Waals surface area (Å²) in [5, 5.41) is 7.04. The average molecular weight is 450 g/mol. The van der Waals surface area contributed by atoms with Crippen molar-refractivity contribution in [1.29, 1.82) is 0 Å². The van der Waals surface area contributed by atoms with Gasteiger partial charge in [-0.3, -0.25) is 9.59 Å². The van der Waals surface area contributed by atoms with E-state index in [2.05, 4.69) is 10.4 Å². The van der Waals surface area contributed by atoms with Gasteiger partial charge in [0.1, 0.15) is 17.6 Å². The number of carbonyl (C=O) groups is 2. The van der Waals surface area contributed by atoms with Gasteiger partial charge < -0.3 is 10.1 Å². The maximum atomic E-state index is 14.9. The van der Waals surface area contributed by atoms with Crippen LogP contribution in [0, 0.1) is 18.7 Å². The van der Waals surface area contributed by atoms with Crippen molar-refractivity contribution in [2.45, 2.75) is 45.6 Å². The second-order valence-corrected chi connectivity index (χ2v) is 8.72. The van der Waals surface area contributed by atoms with Gasteiger partial charge in [-0.25, -0.2) is 9.07 Å². The molecule has 2 unspecified atom stereocenters. The van der Waals surface area contributed by atoms with Gasteiger partial charge in [0, 0.05) is 25.1 Å². The van der Waals surface area contributed by atoms with Crippen molar-refractivity contribution in [2.75, 3.05) is 6.54 Å². The van der Waals surface area contributed by atoms with E-state index in [1.807, 2.05) is 43.5 Å². The third kappa shape index (κ3) is 5.86. The fraction of sp³-hybridized carbons (Fsp3) is 0.346. The minimum absolute atomic E-state index is 0.146. The molecule has 0 bridgehead atoms. The van der Waals surface area contributed by atoms with Crippen molar-refractivity contribution >= 4 is 11.9 Å². The lowest BCUT2D eigenvalue weighted by Gasteiger charge is -2.29. The standard InChI is InChI=1S/C26H28FN3O3/c1-17-3-8-21(9-4-17)22-14-29-30(16-22)25-10-7-19(12-24(25)27)5-6-20-11-23(15-28-18(2)31)33-26(32)13-20/h3-4,7-10,12,14,16,20,23H,5-6,11,13,15H2,1-2H3,(H,28,31). The molecule has 0 aliphatic carbocycles. The van der Waals surface area contributed by atoms with Gasteiger partial charge in [-0.1, -0.05) is 35.9 Å². The summed E-state index contributed by atoms with van der Waals surface area (Å²) >= 11 is 0. The van der Waals surface area contributed by atoms with Gasteiger partial charge in [0.25, 0.3) is 0 Å². The highest BCUT2D eigenvalue weighted by Crippen LogP contribution is 2.27. The first-order valence-corrected chi connectivity index (χ1v) is 11.2. The Bertz CT molecular complexity index is 1140. The fourth-order valence-electron chi connectivity index (χ4n) is 4.19. The van der Waals surface area contributed by atoms with Gasteiger partial charge in [-0.2, -0.15) is 5.10 Å². The van der Waals surface area contributed by atoms with E-state index < -0.39 is 0 Å². The Kier molecular flexibility index (Phi) is 6.87. The van der Waals surface area contributed by atoms with E-state index in [1.165, 1.54) is 12.5 Å². The first-order valence-electron chi connectivity index (χ1n) is 11.2. The molecule has 1 fully saturated rings. The zero-order valence-electron chi connectivity index (χ0n) is 18.9. The third-order valence-electron chi connectivity index (χ3n) is 6.00. The number of esters is 1. The lowest BCUT2D eigenvalue weighted by molar-refractivity contribution is -0.157. The van der Waals surface area contributed by atoms with Crippen LogP contribution in [0.25, 0.3) is 16.8 Å². The summed E-state index contributed by atoms with van der Waals surface area (Å²) < 4.78 is 21.8. The molecule has 172 valence electrons. The number of cyclic esters (lactones) is 1. The molecule has 6 nitrogen and oxygen atoms in total. The van der Waals surface area contributed by atoms with Crippen molar-refractivity contribution < 1.29 is 18.7 Å². The molecular formula is C26H28FN3O3. The average Bonchev–Trinajstić information content (AvgIpc) is 3.26. The van der Waals surface area contributed by atoms with Gasteiger partial charge in [-0.05, 0) is 55.4 Å². The number of halogens is 1. The number of nitrogens with one attached hydrogen (secondary N) is 1. The Morgan fingerprint density at radius 1 is 1.21 bits per heavy atom. The van der Waals surface area contributed by atoms with Gasteiger partial charge in [0.2, 0.25) is 5.91 Å². The number of carbonyl (C=O) groups excluding carboxylic acids is 2. The molecule has 0 spiro atoms. The molecule has 2 aromatic carbocycles. The number of aromatic nitrogens is 2. The largest absolute Gasteiger partial charge is 0.460 e. The maximum absolute atomic E-state index is 14.9. The third-order valence-corrected chi connectivity index (χ3v) is 6.00. The molecule has 1 N–H and O–H groups in total. The van der Waals surface area contributed by atoms with E-state index in [4.69, 9.17) is 4.74 Å². The highest BCUT2D eigenvalue weighted by atomic mass is 19.1. The fourth-order valence-corrected chi connectivity index (χ4v) is 4.19. The highest BCUT2D eigenvalue weighted by molar-refractivity contribution is 5.73. The van der Waals surface area contributed by atoms with E-state index in [0.717, 1.165) is 23.1 Å². The smallest absolute Gasteiger partial charge is 0.306 e. The molecule has 4 rings (SSSR count). The Labute approximate surface area is 192 Å². The van der Waals surface area contributed by atoms with Crippen LogP contribution in [0.4, 0.5) is 4.39 Å². The van der Waals surface area contributed by atoms with Crippen LogP contribution < -0.4 is 5.32 Å². The molecule has 1 aliphatic rings. The molecule has 2 heterocycles. The summed E-state index contributed by atoms with van der Waals surface area (Å²) in [6.07, 6.45) is 5.72. The lowest BCUT2D eigenvalue weighted by atomic mass is 9.89. The Morgan fingerprint density at radius 2 is 2.00 bits per heavy atom. The van der Waals surface area contributed by atoms with Crippen molar-refractivity contribution in [2.24, 2.45) is 5.92 Å². The van der Waals surface area contributed by atoms with Crippen LogP contribution in [-0.4, -0.2) is 34.3 Å². The first kappa shape index (κ1) is 22.7. The summed E-state index contributed by atoms with van der Waals surface area (Å²) in [5.41, 5.74) is 4.41. The number of hydrogen-bond acceptors (Lipinski definition) is 4. The molecule has 1 aromatic heterocycles. The topological polar surface area (TPSA) is 73.2 Å². The molecule has 0 radical (unpaired) electrons. The van der Waals surface area contributed by atoms with Gasteiger partial charge in [0.05, 0.1) is 12.7 Å². The molecular weight excluding hydrogens is 421 g/mol. The van der Waals surface area contributed by atoms with E-state index in [1.54, 1.807) is 23.0 Å². The van der Waals surface area contributed by atoms with E-state index in [0.29, 0.717) is 31.5 Å². The summed E-state index contributed by atoms with van der Waals surface area (Å²) in [6.45, 7) is 3.80. The molecule has 3 aromatic rings. The summed E-state index contributed by atoms with van der Waals surface area (Å²) in [6, 6.07) is 13.3. The Balaban J connectivity index is 1.38. The van der Waals surface area contributed by atoms with Crippen molar-refractivity contribution in [3.05, 3.63) is 71.8 Å².